The monoisotopic (exact) mass is 581 g/mol. The maximum atomic E-state index is 14.8. The molecule has 1 aromatic carbocycles. The van der Waals surface area contributed by atoms with Gasteiger partial charge in [-0.3, -0.25) is 20.3 Å². The van der Waals surface area contributed by atoms with Gasteiger partial charge in [0.2, 0.25) is 11.8 Å². The van der Waals surface area contributed by atoms with Crippen molar-refractivity contribution in [1.82, 2.24) is 5.32 Å². The van der Waals surface area contributed by atoms with Gasteiger partial charge in [0, 0.05) is 33.5 Å². The second-order valence-electron chi connectivity index (χ2n) is 8.24. The summed E-state index contributed by atoms with van der Waals surface area (Å²) in [7, 11) is 0. The smallest absolute Gasteiger partial charge is 0.288 e. The molecule has 2 saturated heterocycles. The number of imide groups is 1. The lowest BCUT2D eigenvalue weighted by atomic mass is 9.89. The van der Waals surface area contributed by atoms with Crippen LogP contribution in [0.1, 0.15) is 66.7 Å². The van der Waals surface area contributed by atoms with Gasteiger partial charge in [0.25, 0.3) is 6.02 Å². The lowest BCUT2D eigenvalue weighted by Crippen LogP contribution is -2.58. The Hall–Kier alpha value is -2.31. The van der Waals surface area contributed by atoms with E-state index >= 15 is 0 Å². The van der Waals surface area contributed by atoms with E-state index in [9.17, 15) is 18.4 Å². The lowest BCUT2D eigenvalue weighted by Gasteiger charge is -2.46. The molecule has 0 aromatic heterocycles. The highest BCUT2D eigenvalue weighted by Crippen LogP contribution is 2.35. The quantitative estimate of drug-likeness (QED) is 0.148. The van der Waals surface area contributed by atoms with E-state index in [2.05, 4.69) is 17.2 Å². The minimum Gasteiger partial charge on any atom is -0.412 e. The van der Waals surface area contributed by atoms with Crippen LogP contribution in [0.5, 0.6) is 0 Å². The molecule has 0 saturated carbocycles. The highest BCUT2D eigenvalue weighted by Gasteiger charge is 2.38. The van der Waals surface area contributed by atoms with Gasteiger partial charge in [0.1, 0.15) is 11.6 Å². The number of carbonyl (C=O) groups excluding carboxylic acids is 2. The summed E-state index contributed by atoms with van der Waals surface area (Å²) in [5.74, 6) is -3.73. The van der Waals surface area contributed by atoms with Crippen molar-refractivity contribution in [3.8, 4) is 0 Å². The average Bonchev–Trinajstić information content (AvgIpc) is 2.71. The number of carbonyl (C=O) groups is 2. The van der Waals surface area contributed by atoms with Crippen LogP contribution in [0.25, 0.3) is 0 Å². The van der Waals surface area contributed by atoms with Gasteiger partial charge in [-0.15, -0.1) is 24.0 Å². The van der Waals surface area contributed by atoms with Crippen molar-refractivity contribution >= 4 is 53.4 Å². The zero-order valence-corrected chi connectivity index (χ0v) is 21.0. The number of hydrogen-bond acceptors (Lipinski definition) is 6. The summed E-state index contributed by atoms with van der Waals surface area (Å²) in [5, 5.41) is 9.92. The molecule has 2 aliphatic heterocycles. The summed E-state index contributed by atoms with van der Waals surface area (Å²) in [6.45, 7) is 4.30. The van der Waals surface area contributed by atoms with Crippen molar-refractivity contribution in [3.05, 3.63) is 29.3 Å². The molecule has 0 bridgehead atoms. The standard InChI is InChI=1S/C22H29F2N5O3.HI.2H2/c1-3-4-5-6-18(25)32-22(26)27-17-11-29(12(17)2)13-9-15(23)20(16(24)10-13)14-7-8-19(30)28-21(14)31;;;/h9-10,12,14,17,25H,3-8,11H2,1-2H3,(H2,26,27)(H,28,30,31);3*1H/t12-,14?,17+;;;/m1.../s1. The molecule has 186 valence electrons. The van der Waals surface area contributed by atoms with E-state index in [4.69, 9.17) is 15.9 Å². The number of aliphatic imine (C=N–C) groups is 1. The summed E-state index contributed by atoms with van der Waals surface area (Å²) in [6.07, 6.45) is 3.51. The van der Waals surface area contributed by atoms with Crippen LogP contribution in [-0.2, 0) is 14.3 Å². The Kier molecular flexibility index (Phi) is 9.56. The first kappa shape index (κ1) is 26.9. The SMILES string of the molecule is CCCCCC(=N)OC(N)=N[C@H]1CN(c2cc(F)c(C3CCC(=O)NC3=O)c(F)c2)[C@@H]1C.I.[HH].[HH]. The molecule has 1 aromatic rings. The third-order valence-corrected chi connectivity index (χ3v) is 5.94. The molecule has 11 heteroatoms. The van der Waals surface area contributed by atoms with E-state index in [1.54, 1.807) is 4.90 Å². The molecule has 33 heavy (non-hydrogen) atoms. The zero-order chi connectivity index (χ0) is 23.4. The fourth-order valence-corrected chi connectivity index (χ4v) is 4.02. The molecule has 3 atom stereocenters. The number of nitrogens with zero attached hydrogens (tertiary/aromatic N) is 2. The first-order valence-electron chi connectivity index (χ1n) is 10.9. The Bertz CT molecular complexity index is 931. The maximum absolute atomic E-state index is 14.8. The van der Waals surface area contributed by atoms with Crippen molar-refractivity contribution in [2.45, 2.75) is 70.4 Å². The summed E-state index contributed by atoms with van der Waals surface area (Å²) in [4.78, 5) is 29.4. The molecule has 0 aliphatic carbocycles. The average molecular weight is 581 g/mol. The third-order valence-electron chi connectivity index (χ3n) is 5.94. The van der Waals surface area contributed by atoms with Crippen molar-refractivity contribution in [2.24, 2.45) is 10.7 Å². The van der Waals surface area contributed by atoms with E-state index in [1.165, 1.54) is 12.1 Å². The third kappa shape index (κ3) is 6.39. The number of anilines is 1. The van der Waals surface area contributed by atoms with Crippen LogP contribution < -0.4 is 16.0 Å². The number of ether oxygens (including phenoxy) is 1. The van der Waals surface area contributed by atoms with Gasteiger partial charge in [-0.2, -0.15) is 0 Å². The molecule has 8 nitrogen and oxygen atoms in total. The summed E-state index contributed by atoms with van der Waals surface area (Å²) >= 11 is 0. The first-order valence-corrected chi connectivity index (χ1v) is 10.9. The number of amidine groups is 1. The van der Waals surface area contributed by atoms with Crippen molar-refractivity contribution < 1.29 is 26.0 Å². The van der Waals surface area contributed by atoms with Crippen molar-refractivity contribution in [2.75, 3.05) is 11.4 Å². The topological polar surface area (TPSA) is 121 Å². The lowest BCUT2D eigenvalue weighted by molar-refractivity contribution is -0.134. The van der Waals surface area contributed by atoms with Gasteiger partial charge >= 0.3 is 0 Å². The number of amides is 2. The summed E-state index contributed by atoms with van der Waals surface area (Å²) < 4.78 is 34.8. The minimum absolute atomic E-state index is 0. The van der Waals surface area contributed by atoms with Crippen molar-refractivity contribution in [1.29, 1.82) is 5.41 Å². The number of halogens is 3. The molecule has 1 unspecified atom stereocenters. The predicted molar refractivity (Wildman–Crippen MR) is 136 cm³/mol. The van der Waals surface area contributed by atoms with Gasteiger partial charge in [-0.1, -0.05) is 19.8 Å². The van der Waals surface area contributed by atoms with Gasteiger partial charge in [0.05, 0.1) is 18.0 Å². The Balaban J connectivity index is 0.00000385. The van der Waals surface area contributed by atoms with Crippen LogP contribution in [-0.4, -0.2) is 42.4 Å². The predicted octanol–water partition coefficient (Wildman–Crippen LogP) is 4.06. The van der Waals surface area contributed by atoms with Crippen LogP contribution in [0.2, 0.25) is 0 Å². The molecule has 3 rings (SSSR count). The largest absolute Gasteiger partial charge is 0.412 e. The van der Waals surface area contributed by atoms with E-state index in [-0.39, 0.29) is 69.2 Å². The zero-order valence-electron chi connectivity index (χ0n) is 18.7. The molecule has 2 aliphatic rings. The maximum Gasteiger partial charge on any atom is 0.288 e. The molecule has 2 heterocycles. The van der Waals surface area contributed by atoms with Crippen LogP contribution in [0.4, 0.5) is 14.5 Å². The number of rotatable bonds is 7. The van der Waals surface area contributed by atoms with E-state index < -0.39 is 29.4 Å². The van der Waals surface area contributed by atoms with Crippen LogP contribution in [0.15, 0.2) is 17.1 Å². The first-order chi connectivity index (χ1) is 15.2. The number of nitrogens with two attached hydrogens (primary N) is 1. The van der Waals surface area contributed by atoms with Gasteiger partial charge in [0.15, 0.2) is 5.90 Å². The molecule has 2 amide bonds. The van der Waals surface area contributed by atoms with Crippen LogP contribution in [0, 0.1) is 17.0 Å². The second-order valence-corrected chi connectivity index (χ2v) is 8.24. The van der Waals surface area contributed by atoms with E-state index in [0.29, 0.717) is 18.7 Å². The Labute approximate surface area is 211 Å². The van der Waals surface area contributed by atoms with Gasteiger partial charge in [-0.25, -0.2) is 13.8 Å². The van der Waals surface area contributed by atoms with E-state index in [0.717, 1.165) is 19.3 Å². The Morgan fingerprint density at radius 1 is 1.33 bits per heavy atom. The molecular weight excluding hydrogens is 547 g/mol. The van der Waals surface area contributed by atoms with Crippen LogP contribution >= 0.6 is 24.0 Å². The van der Waals surface area contributed by atoms with Gasteiger partial charge in [-0.05, 0) is 31.9 Å². The Morgan fingerprint density at radius 3 is 2.58 bits per heavy atom. The number of hydrogen-bond donors (Lipinski definition) is 3. The Morgan fingerprint density at radius 2 is 2.00 bits per heavy atom. The highest BCUT2D eigenvalue weighted by atomic mass is 127. The molecule has 0 spiro atoms. The van der Waals surface area contributed by atoms with Gasteiger partial charge < -0.3 is 15.4 Å². The summed E-state index contributed by atoms with van der Waals surface area (Å²) in [6, 6.07) is 1.88. The number of nitrogens with one attached hydrogen (secondary N) is 2. The molecule has 0 radical (unpaired) electrons. The second kappa shape index (κ2) is 11.7. The number of piperidine rings is 1. The molecule has 4 N–H and O–H groups in total. The molecule has 2 fully saturated rings. The van der Waals surface area contributed by atoms with E-state index in [1.807, 2.05) is 6.92 Å². The fourth-order valence-electron chi connectivity index (χ4n) is 4.02. The number of unbranched alkanes of at least 4 members (excludes halogenated alkanes) is 2. The summed E-state index contributed by atoms with van der Waals surface area (Å²) in [5.41, 5.74) is 5.81. The fraction of sp³-hybridized carbons (Fsp3) is 0.545. The number of benzene rings is 1. The highest BCUT2D eigenvalue weighted by molar-refractivity contribution is 14.0. The van der Waals surface area contributed by atoms with Crippen LogP contribution in [0.3, 0.4) is 0 Å². The van der Waals surface area contributed by atoms with Crippen molar-refractivity contribution in [3.63, 3.8) is 0 Å². The minimum atomic E-state index is -1.03. The normalized spacial score (nSPS) is 22.8. The molecular formula is C22H34F2IN5O3.